The summed E-state index contributed by atoms with van der Waals surface area (Å²) in [5, 5.41) is -1.72. The van der Waals surface area contributed by atoms with Crippen LogP contribution in [0.25, 0.3) is 117 Å². The molecule has 6 heteroatoms. The van der Waals surface area contributed by atoms with Gasteiger partial charge in [-0.15, -0.1) is 34.0 Å². The zero-order valence-corrected chi connectivity index (χ0v) is 30.5. The number of nitrogens with zero attached hydrogens (tertiary/aromatic N) is 3. The number of hydrogen-bond donors (Lipinski definition) is 0. The second-order valence-electron chi connectivity index (χ2n) is 12.1. The van der Waals surface area contributed by atoms with Crippen molar-refractivity contribution in [2.24, 2.45) is 0 Å². The van der Waals surface area contributed by atoms with Gasteiger partial charge in [-0.3, -0.25) is 0 Å². The highest BCUT2D eigenvalue weighted by Gasteiger charge is 2.20. The van der Waals surface area contributed by atoms with Crippen molar-refractivity contribution in [1.82, 2.24) is 15.0 Å². The van der Waals surface area contributed by atoms with Gasteiger partial charge >= 0.3 is 0 Å². The van der Waals surface area contributed by atoms with E-state index in [0.29, 0.717) is 34.0 Å². The third-order valence-corrected chi connectivity index (χ3v) is 12.1. The lowest BCUT2D eigenvalue weighted by atomic mass is 9.91. The number of fused-ring (bicyclic) bond motifs is 9. The number of rotatable bonds is 5. The summed E-state index contributed by atoms with van der Waals surface area (Å²) < 4.78 is 260. The van der Waals surface area contributed by atoms with E-state index in [1.807, 2.05) is 0 Å². The Morgan fingerprint density at radius 1 is 0.316 bits per heavy atom. The first-order chi connectivity index (χ1) is 40.3. The molecule has 0 spiro atoms. The molecule has 0 fully saturated rings. The van der Waals surface area contributed by atoms with Gasteiger partial charge in [0.25, 0.3) is 0 Å². The molecule has 0 atom stereocenters. The van der Waals surface area contributed by atoms with Crippen LogP contribution in [-0.2, 0) is 0 Å². The van der Waals surface area contributed by atoms with E-state index in [4.69, 9.17) is 26.0 Å². The van der Waals surface area contributed by atoms with Gasteiger partial charge in [0.1, 0.15) is 0 Å². The van der Waals surface area contributed by atoms with E-state index in [2.05, 4.69) is 15.0 Å². The van der Waals surface area contributed by atoms with Gasteiger partial charge in [-0.1, -0.05) is 139 Å². The molecule has 0 aliphatic carbocycles. The minimum absolute atomic E-state index is 0.104. The highest BCUT2D eigenvalue weighted by molar-refractivity contribution is 7.27. The van der Waals surface area contributed by atoms with Crippen molar-refractivity contribution in [2.45, 2.75) is 0 Å². The SMILES string of the molecule is [2H]c1c([2H])c([2H])c(-c2nc(-c3c([2H])c([2H])c([2H])c([2H])c3[2H])nc(-c3c([2H])c([2H])c4c(sc5c([2H])c([2H])c([2H])c(-c6c([2H])c(-c7c([2H])c([2H])c([2H])c8c7sc7c([2H])c([2H])c([2H])c([2H])c78)c([2H])c7sc8c([2H])c([2H])c([2H])c([2H])c8c67)c54)c3[2H])n2)c([2H])c1[2H]. The summed E-state index contributed by atoms with van der Waals surface area (Å²) in [4.78, 5) is 13.0. The summed E-state index contributed by atoms with van der Waals surface area (Å²) in [7, 11) is 0. The van der Waals surface area contributed by atoms with Crippen molar-refractivity contribution in [1.29, 1.82) is 0 Å². The predicted molar refractivity (Wildman–Crippen MR) is 246 cm³/mol. The Morgan fingerprint density at radius 2 is 0.842 bits per heavy atom. The van der Waals surface area contributed by atoms with E-state index in [0.717, 1.165) is 0 Å². The fourth-order valence-electron chi connectivity index (χ4n) is 6.48. The normalized spacial score (nSPS) is 19.0. The Kier molecular flexibility index (Phi) is 3.44. The molecular formula is C51H29N3S3. The molecule has 0 saturated heterocycles. The molecule has 0 aliphatic rings. The Bertz CT molecular complexity index is 5100. The van der Waals surface area contributed by atoms with Gasteiger partial charge in [-0.25, -0.2) is 15.0 Å². The second kappa shape index (κ2) is 13.0. The van der Waals surface area contributed by atoms with Crippen molar-refractivity contribution in [3.05, 3.63) is 175 Å². The minimum Gasteiger partial charge on any atom is -0.208 e. The van der Waals surface area contributed by atoms with Gasteiger partial charge in [0.05, 0.1) is 39.8 Å². The van der Waals surface area contributed by atoms with E-state index in [1.54, 1.807) is 0 Å². The molecule has 266 valence electrons. The van der Waals surface area contributed by atoms with Crippen LogP contribution in [0.2, 0.25) is 0 Å². The maximum absolute atomic E-state index is 10.3. The molecule has 0 radical (unpaired) electrons. The van der Waals surface area contributed by atoms with Crippen LogP contribution in [0.4, 0.5) is 0 Å². The zero-order valence-electron chi connectivity index (χ0n) is 57.1. The second-order valence-corrected chi connectivity index (χ2v) is 15.1. The lowest BCUT2D eigenvalue weighted by molar-refractivity contribution is 1.07. The Labute approximate surface area is 380 Å². The van der Waals surface area contributed by atoms with Crippen LogP contribution in [0.15, 0.2) is 175 Å². The third-order valence-electron chi connectivity index (χ3n) is 8.89. The quantitative estimate of drug-likeness (QED) is 0.174. The van der Waals surface area contributed by atoms with Crippen LogP contribution < -0.4 is 0 Å². The molecule has 3 nitrogen and oxygen atoms in total. The highest BCUT2D eigenvalue weighted by Crippen LogP contribution is 2.49. The molecular weight excluding hydrogens is 751 g/mol. The molecule has 0 N–H and O–H groups in total. The summed E-state index contributed by atoms with van der Waals surface area (Å²) in [5.41, 5.74) is -3.95. The molecule has 57 heavy (non-hydrogen) atoms. The van der Waals surface area contributed by atoms with Crippen LogP contribution in [0.3, 0.4) is 0 Å². The number of benzene rings is 8. The third kappa shape index (κ3) is 5.33. The highest BCUT2D eigenvalue weighted by atomic mass is 32.1. The van der Waals surface area contributed by atoms with Gasteiger partial charge in [-0.2, -0.15) is 0 Å². The Balaban J connectivity index is 1.26. The van der Waals surface area contributed by atoms with E-state index >= 15 is 0 Å². The smallest absolute Gasteiger partial charge is 0.164 e. The Hall–Kier alpha value is -6.57. The largest absolute Gasteiger partial charge is 0.208 e. The average Bonchev–Trinajstić information content (AvgIpc) is 1.48. The molecule has 0 bridgehead atoms. The molecule has 12 rings (SSSR count). The van der Waals surface area contributed by atoms with Crippen LogP contribution in [0, 0.1) is 0 Å². The summed E-state index contributed by atoms with van der Waals surface area (Å²) in [6, 6.07) is -22.2. The first-order valence-corrected chi connectivity index (χ1v) is 19.0. The summed E-state index contributed by atoms with van der Waals surface area (Å²) >= 11 is 1.91. The van der Waals surface area contributed by atoms with Crippen molar-refractivity contribution < 1.29 is 39.8 Å². The molecule has 4 aromatic heterocycles. The van der Waals surface area contributed by atoms with Gasteiger partial charge < -0.3 is 0 Å². The molecule has 4 heterocycles. The number of hydrogen-bond acceptors (Lipinski definition) is 6. The van der Waals surface area contributed by atoms with E-state index in [9.17, 15) is 13.7 Å². The number of thiophene rings is 3. The van der Waals surface area contributed by atoms with Crippen molar-refractivity contribution in [2.75, 3.05) is 0 Å². The van der Waals surface area contributed by atoms with Crippen molar-refractivity contribution >= 4 is 94.5 Å². The van der Waals surface area contributed by atoms with Crippen LogP contribution in [0.1, 0.15) is 39.8 Å². The summed E-state index contributed by atoms with van der Waals surface area (Å²) in [5.74, 6) is -2.28. The monoisotopic (exact) mass is 808 g/mol. The van der Waals surface area contributed by atoms with E-state index in [-0.39, 0.29) is 60.5 Å². The lowest BCUT2D eigenvalue weighted by Crippen LogP contribution is -1.99. The molecule has 12 aromatic rings. The van der Waals surface area contributed by atoms with Crippen molar-refractivity contribution in [3.63, 3.8) is 0 Å². The van der Waals surface area contributed by atoms with E-state index in [1.165, 1.54) is 0 Å². The molecule has 0 saturated carbocycles. The van der Waals surface area contributed by atoms with Crippen LogP contribution >= 0.6 is 34.0 Å². The van der Waals surface area contributed by atoms with Crippen LogP contribution in [0.5, 0.6) is 0 Å². The maximum atomic E-state index is 10.3. The fourth-order valence-corrected chi connectivity index (χ4v) is 9.59. The van der Waals surface area contributed by atoms with Crippen molar-refractivity contribution in [3.8, 4) is 56.4 Å². The summed E-state index contributed by atoms with van der Waals surface area (Å²) in [6.07, 6.45) is 0. The first-order valence-electron chi connectivity index (χ1n) is 31.1. The molecule has 0 unspecified atom stereocenters. The molecule has 0 amide bonds. The Morgan fingerprint density at radius 3 is 1.60 bits per heavy atom. The van der Waals surface area contributed by atoms with Crippen LogP contribution in [-0.4, -0.2) is 15.0 Å². The molecule has 8 aromatic carbocycles. The van der Waals surface area contributed by atoms with Gasteiger partial charge in [0, 0.05) is 77.2 Å². The minimum atomic E-state index is -0.918. The van der Waals surface area contributed by atoms with Gasteiger partial charge in [-0.05, 0) is 58.5 Å². The average molecular weight is 809 g/mol. The predicted octanol–water partition coefficient (Wildman–Crippen LogP) is 15.3. The number of aromatic nitrogens is 3. The van der Waals surface area contributed by atoms with Gasteiger partial charge in [0.15, 0.2) is 17.5 Å². The van der Waals surface area contributed by atoms with E-state index < -0.39 is 232 Å². The fraction of sp³-hybridized carbons (Fsp3) is 0. The first kappa shape index (κ1) is 15.1. The van der Waals surface area contributed by atoms with Gasteiger partial charge in [0.2, 0.25) is 0 Å². The maximum Gasteiger partial charge on any atom is 0.164 e. The summed E-state index contributed by atoms with van der Waals surface area (Å²) in [6.45, 7) is 0. The molecule has 0 aliphatic heterocycles. The standard InChI is InChI=1S/C51H29N3S3/c1-3-13-30(14-4-1)49-52-50(31-15-5-2-6-16-31)54-51(53-49)32-25-26-39-44(28-32)56-43-24-12-20-36(46(39)43)40-27-33(29-45-47(40)38-18-8-10-23-42(38)55-45)34-19-11-21-37-35-17-7-9-22-41(35)57-48(34)37/h1-29H/i1D,2D,3D,4D,5D,6D,7D,8D,9D,10D,11D,12D,13D,14D,15D,16D,17D,18D,19D,20D,21D,22D,23D,24D,25D,26D,27D,28D,29D. The zero-order chi connectivity index (χ0) is 62.7. The topological polar surface area (TPSA) is 38.7 Å². The lowest BCUT2D eigenvalue weighted by Gasteiger charge is -2.12.